The molecule has 0 aliphatic heterocycles. The number of likely N-dealkylation sites (N-methyl/N-ethyl adjacent to an activating group) is 1. The van der Waals surface area contributed by atoms with Crippen LogP contribution in [0.5, 0.6) is 5.75 Å². The molecule has 0 unspecified atom stereocenters. The molecule has 46 heavy (non-hydrogen) atoms. The lowest BCUT2D eigenvalue weighted by Gasteiger charge is -2.23. The Balaban J connectivity index is 1.16. The Morgan fingerprint density at radius 3 is 2.43 bits per heavy atom. The number of carbonyl (C=O) groups is 2. The van der Waals surface area contributed by atoms with Gasteiger partial charge >= 0.3 is 0 Å². The molecule has 0 fully saturated rings. The number of rotatable bonds is 11. The maximum absolute atomic E-state index is 13.1. The first kappa shape index (κ1) is 31.9. The van der Waals surface area contributed by atoms with Crippen LogP contribution >= 0.6 is 0 Å². The minimum atomic E-state index is -0.342. The van der Waals surface area contributed by atoms with Gasteiger partial charge in [-0.1, -0.05) is 30.3 Å². The number of nitrogens with one attached hydrogen (secondary N) is 2. The van der Waals surface area contributed by atoms with Crippen LogP contribution in [0.3, 0.4) is 0 Å². The van der Waals surface area contributed by atoms with Crippen LogP contribution < -0.4 is 20.3 Å². The van der Waals surface area contributed by atoms with E-state index >= 15 is 0 Å². The van der Waals surface area contributed by atoms with E-state index < -0.39 is 0 Å². The van der Waals surface area contributed by atoms with Crippen molar-refractivity contribution in [2.24, 2.45) is 0 Å². The monoisotopic (exact) mass is 613 g/mol. The molecule has 0 saturated carbocycles. The first-order chi connectivity index (χ1) is 22.2. The van der Waals surface area contributed by atoms with E-state index in [0.29, 0.717) is 13.2 Å². The van der Waals surface area contributed by atoms with Gasteiger partial charge in [-0.15, -0.1) is 0 Å². The summed E-state index contributed by atoms with van der Waals surface area (Å²) in [5.74, 6) is 0.155. The Morgan fingerprint density at radius 2 is 1.67 bits per heavy atom. The number of nitrogens with zero attached hydrogens (tertiary/aromatic N) is 3. The summed E-state index contributed by atoms with van der Waals surface area (Å²) < 4.78 is 6.32. The molecule has 5 aromatic rings. The third-order valence-corrected chi connectivity index (χ3v) is 8.05. The topological polar surface area (TPSA) is 96.5 Å². The Bertz CT molecular complexity index is 1890. The van der Waals surface area contributed by atoms with Gasteiger partial charge < -0.3 is 20.3 Å². The number of ether oxygens (including phenoxy) is 1. The largest absolute Gasteiger partial charge is 0.487 e. The fourth-order valence-corrected chi connectivity index (χ4v) is 5.35. The molecule has 234 valence electrons. The molecule has 0 atom stereocenters. The molecule has 0 aliphatic carbocycles. The number of carbonyl (C=O) groups excluding carboxylic acids is 2. The van der Waals surface area contributed by atoms with Crippen molar-refractivity contribution in [1.29, 1.82) is 0 Å². The number of hydrogen-bond donors (Lipinski definition) is 2. The van der Waals surface area contributed by atoms with Gasteiger partial charge in [0.1, 0.15) is 17.9 Å². The molecular weight excluding hydrogens is 574 g/mol. The molecule has 2 heterocycles. The molecular formula is C38H39N5O3. The molecule has 0 bridgehead atoms. The average molecular weight is 614 g/mol. The van der Waals surface area contributed by atoms with Crippen LogP contribution in [-0.4, -0.2) is 35.4 Å². The average Bonchev–Trinajstić information content (AvgIpc) is 3.06. The normalized spacial score (nSPS) is 11.1. The molecule has 0 radical (unpaired) electrons. The second-order valence-corrected chi connectivity index (χ2v) is 11.4. The smallest absolute Gasteiger partial charge is 0.246 e. The Hall–Kier alpha value is -5.50. The Morgan fingerprint density at radius 1 is 0.913 bits per heavy atom. The fraction of sp³-hybridized carbons (Fsp3) is 0.211. The second kappa shape index (κ2) is 14.5. The number of aromatic nitrogens is 2. The van der Waals surface area contributed by atoms with Crippen LogP contribution in [0.4, 0.5) is 11.4 Å². The Labute approximate surface area is 270 Å². The van der Waals surface area contributed by atoms with Crippen LogP contribution in [0.1, 0.15) is 39.1 Å². The number of pyridine rings is 2. The first-order valence-electron chi connectivity index (χ1n) is 15.2. The van der Waals surface area contributed by atoms with Crippen LogP contribution in [0.2, 0.25) is 0 Å². The van der Waals surface area contributed by atoms with Crippen molar-refractivity contribution in [2.45, 2.75) is 40.8 Å². The lowest BCUT2D eigenvalue weighted by atomic mass is 10.0. The quantitative estimate of drug-likeness (QED) is 0.158. The minimum Gasteiger partial charge on any atom is -0.487 e. The number of aryl methyl sites for hydroxylation is 3. The van der Waals surface area contributed by atoms with Gasteiger partial charge in [-0.25, -0.2) is 4.98 Å². The molecule has 5 rings (SSSR count). The summed E-state index contributed by atoms with van der Waals surface area (Å²) in [6.07, 6.45) is 6.70. The van der Waals surface area contributed by atoms with E-state index in [0.717, 1.165) is 67.1 Å². The number of hydrogen-bond acceptors (Lipinski definition) is 6. The van der Waals surface area contributed by atoms with Gasteiger partial charge in [0.25, 0.3) is 0 Å². The molecule has 0 saturated heterocycles. The fourth-order valence-electron chi connectivity index (χ4n) is 5.35. The van der Waals surface area contributed by atoms with Crippen molar-refractivity contribution >= 4 is 40.2 Å². The SMILES string of the molecule is Cc1cc(C)c2cccc(OCc3c(C)ccc(N(C)C(=O)CNC(=O)C=Cc4ccc(NCc5ccncc5)cc4)c3C)c2n1. The summed E-state index contributed by atoms with van der Waals surface area (Å²) in [6, 6.07) is 23.7. The van der Waals surface area contributed by atoms with Crippen molar-refractivity contribution in [2.75, 3.05) is 23.8 Å². The molecule has 8 heteroatoms. The summed E-state index contributed by atoms with van der Waals surface area (Å²) >= 11 is 0. The minimum absolute atomic E-state index is 0.128. The lowest BCUT2D eigenvalue weighted by molar-refractivity contribution is -0.122. The zero-order valence-electron chi connectivity index (χ0n) is 26.9. The van der Waals surface area contributed by atoms with Gasteiger partial charge in [-0.2, -0.15) is 0 Å². The van der Waals surface area contributed by atoms with E-state index in [4.69, 9.17) is 9.72 Å². The van der Waals surface area contributed by atoms with E-state index in [1.807, 2.05) is 81.4 Å². The third kappa shape index (κ3) is 7.77. The van der Waals surface area contributed by atoms with Crippen molar-refractivity contribution < 1.29 is 14.3 Å². The molecule has 3 aromatic carbocycles. The van der Waals surface area contributed by atoms with Crippen LogP contribution in [-0.2, 0) is 22.7 Å². The highest BCUT2D eigenvalue weighted by Crippen LogP contribution is 2.30. The number of benzene rings is 3. The highest BCUT2D eigenvalue weighted by molar-refractivity contribution is 5.99. The van der Waals surface area contributed by atoms with Crippen molar-refractivity contribution in [3.63, 3.8) is 0 Å². The molecule has 0 spiro atoms. The predicted octanol–water partition coefficient (Wildman–Crippen LogP) is 6.85. The second-order valence-electron chi connectivity index (χ2n) is 11.4. The zero-order chi connectivity index (χ0) is 32.6. The number of amides is 2. The summed E-state index contributed by atoms with van der Waals surface area (Å²) in [7, 11) is 1.72. The first-order valence-corrected chi connectivity index (χ1v) is 15.2. The maximum Gasteiger partial charge on any atom is 0.246 e. The van der Waals surface area contributed by atoms with Crippen molar-refractivity contribution in [3.05, 3.63) is 130 Å². The van der Waals surface area contributed by atoms with Crippen molar-refractivity contribution in [3.8, 4) is 5.75 Å². The highest BCUT2D eigenvalue weighted by atomic mass is 16.5. The van der Waals surface area contributed by atoms with E-state index in [1.165, 1.54) is 6.08 Å². The molecule has 2 N–H and O–H groups in total. The van der Waals surface area contributed by atoms with Gasteiger partial charge in [0.05, 0.1) is 6.54 Å². The summed E-state index contributed by atoms with van der Waals surface area (Å²) in [5.41, 5.74) is 9.72. The third-order valence-electron chi connectivity index (χ3n) is 8.05. The number of anilines is 2. The Kier molecular flexibility index (Phi) is 10.1. The van der Waals surface area contributed by atoms with Crippen molar-refractivity contribution in [1.82, 2.24) is 15.3 Å². The van der Waals surface area contributed by atoms with Crippen LogP contribution in [0, 0.1) is 27.7 Å². The van der Waals surface area contributed by atoms with Gasteiger partial charge in [-0.05, 0) is 110 Å². The van der Waals surface area contributed by atoms with E-state index in [1.54, 1.807) is 30.4 Å². The molecule has 8 nitrogen and oxygen atoms in total. The van der Waals surface area contributed by atoms with Gasteiger partial charge in [0.2, 0.25) is 11.8 Å². The lowest BCUT2D eigenvalue weighted by Crippen LogP contribution is -2.38. The summed E-state index contributed by atoms with van der Waals surface area (Å²) in [6.45, 7) is 8.99. The van der Waals surface area contributed by atoms with Gasteiger partial charge in [0, 0.05) is 54.5 Å². The summed E-state index contributed by atoms with van der Waals surface area (Å²) in [4.78, 5) is 36.0. The maximum atomic E-state index is 13.1. The zero-order valence-corrected chi connectivity index (χ0v) is 26.9. The predicted molar refractivity (Wildman–Crippen MR) is 185 cm³/mol. The molecule has 2 amide bonds. The van der Waals surface area contributed by atoms with Gasteiger partial charge in [0.15, 0.2) is 0 Å². The van der Waals surface area contributed by atoms with Crippen LogP contribution in [0.25, 0.3) is 17.0 Å². The molecule has 0 aliphatic rings. The van der Waals surface area contributed by atoms with Gasteiger partial charge in [-0.3, -0.25) is 14.6 Å². The number of para-hydroxylation sites is 1. The number of fused-ring (bicyclic) bond motifs is 1. The standard InChI is InChI=1S/C38H39N5O3/c1-25-9-15-34(28(4)33(25)24-46-35-8-6-7-32-26(2)21-27(3)42-38(32)35)43(5)37(45)23-41-36(44)16-12-29-10-13-31(14-11-29)40-22-30-17-19-39-20-18-30/h6-21,40H,22-24H2,1-5H3,(H,41,44). The van der Waals surface area contributed by atoms with Crippen LogP contribution in [0.15, 0.2) is 91.3 Å². The van der Waals surface area contributed by atoms with E-state index in [9.17, 15) is 9.59 Å². The van der Waals surface area contributed by atoms with E-state index in [2.05, 4.69) is 34.7 Å². The summed E-state index contributed by atoms with van der Waals surface area (Å²) in [5, 5.41) is 7.13. The molecule has 2 aromatic heterocycles. The highest BCUT2D eigenvalue weighted by Gasteiger charge is 2.17. The van der Waals surface area contributed by atoms with E-state index in [-0.39, 0.29) is 18.4 Å².